The Hall–Kier alpha value is -2.36. The first-order valence-corrected chi connectivity index (χ1v) is 6.55. The maximum Gasteiger partial charge on any atom is 0.257 e. The number of aromatic nitrogens is 1. The smallest absolute Gasteiger partial charge is 0.257 e. The highest BCUT2D eigenvalue weighted by Gasteiger charge is 2.07. The second-order valence-electron chi connectivity index (χ2n) is 5.10. The number of amides is 1. The molecule has 4 heteroatoms. The molecule has 1 aromatic carbocycles. The predicted molar refractivity (Wildman–Crippen MR) is 80.2 cm³/mol. The van der Waals surface area contributed by atoms with Gasteiger partial charge >= 0.3 is 0 Å². The van der Waals surface area contributed by atoms with E-state index in [-0.39, 0.29) is 11.5 Å². The lowest BCUT2D eigenvalue weighted by molar-refractivity contribution is 0.102. The van der Waals surface area contributed by atoms with E-state index in [9.17, 15) is 9.59 Å². The van der Waals surface area contributed by atoms with Gasteiger partial charge in [-0.05, 0) is 29.7 Å². The molecule has 0 aliphatic heterocycles. The molecule has 20 heavy (non-hydrogen) atoms. The molecule has 0 saturated carbocycles. The van der Waals surface area contributed by atoms with E-state index < -0.39 is 0 Å². The van der Waals surface area contributed by atoms with Crippen LogP contribution in [0.2, 0.25) is 0 Å². The number of aryl methyl sites for hydroxylation is 1. The predicted octanol–water partition coefficient (Wildman–Crippen LogP) is 2.76. The van der Waals surface area contributed by atoms with Crippen molar-refractivity contribution in [2.45, 2.75) is 19.8 Å². The summed E-state index contributed by atoms with van der Waals surface area (Å²) < 4.78 is 1.39. The van der Waals surface area contributed by atoms with Gasteiger partial charge in [0.2, 0.25) is 5.56 Å². The number of hydrogen-bond acceptors (Lipinski definition) is 2. The van der Waals surface area contributed by atoms with Crippen LogP contribution in [0.1, 0.15) is 35.7 Å². The van der Waals surface area contributed by atoms with Gasteiger partial charge < -0.3 is 9.88 Å². The Morgan fingerprint density at radius 2 is 1.75 bits per heavy atom. The highest BCUT2D eigenvalue weighted by atomic mass is 16.2. The van der Waals surface area contributed by atoms with E-state index in [4.69, 9.17) is 0 Å². The van der Waals surface area contributed by atoms with Crippen LogP contribution in [0.5, 0.6) is 0 Å². The van der Waals surface area contributed by atoms with Gasteiger partial charge in [0, 0.05) is 25.0 Å². The quantitative estimate of drug-likeness (QED) is 0.932. The van der Waals surface area contributed by atoms with Crippen molar-refractivity contribution >= 4 is 11.6 Å². The second-order valence-corrected chi connectivity index (χ2v) is 5.10. The van der Waals surface area contributed by atoms with Crippen LogP contribution in [0.15, 0.2) is 47.4 Å². The van der Waals surface area contributed by atoms with Gasteiger partial charge in [-0.1, -0.05) is 26.0 Å². The summed E-state index contributed by atoms with van der Waals surface area (Å²) in [6.07, 6.45) is 1.53. The third kappa shape index (κ3) is 3.15. The second kappa shape index (κ2) is 5.74. The summed E-state index contributed by atoms with van der Waals surface area (Å²) in [6, 6.07) is 10.7. The Labute approximate surface area is 118 Å². The fourth-order valence-corrected chi connectivity index (χ4v) is 1.88. The van der Waals surface area contributed by atoms with Crippen molar-refractivity contribution in [3.63, 3.8) is 0 Å². The topological polar surface area (TPSA) is 51.1 Å². The van der Waals surface area contributed by atoms with Crippen molar-refractivity contribution in [3.8, 4) is 0 Å². The maximum atomic E-state index is 12.1. The standard InChI is InChI=1S/C16H18N2O2/c1-11(2)12-4-7-14(8-5-12)17-16(20)13-6-9-15(19)18(3)10-13/h4-11H,1-3H3,(H,17,20). The van der Waals surface area contributed by atoms with E-state index in [0.717, 1.165) is 5.69 Å². The van der Waals surface area contributed by atoms with Gasteiger partial charge in [-0.3, -0.25) is 9.59 Å². The molecule has 0 bridgehead atoms. The number of nitrogens with zero attached hydrogens (tertiary/aromatic N) is 1. The SMILES string of the molecule is CC(C)c1ccc(NC(=O)c2ccc(=O)n(C)c2)cc1. The molecule has 0 saturated heterocycles. The van der Waals surface area contributed by atoms with E-state index in [1.807, 2.05) is 24.3 Å². The number of nitrogens with one attached hydrogen (secondary N) is 1. The molecular formula is C16H18N2O2. The van der Waals surface area contributed by atoms with Crippen LogP contribution in [-0.4, -0.2) is 10.5 Å². The largest absolute Gasteiger partial charge is 0.322 e. The zero-order valence-corrected chi connectivity index (χ0v) is 11.9. The monoisotopic (exact) mass is 270 g/mol. The first-order chi connectivity index (χ1) is 9.47. The summed E-state index contributed by atoms with van der Waals surface area (Å²) in [5.74, 6) is 0.237. The van der Waals surface area contributed by atoms with Gasteiger partial charge in [0.25, 0.3) is 5.91 Å². The Bertz CT molecular complexity index is 670. The Kier molecular flexibility index (Phi) is 4.03. The van der Waals surface area contributed by atoms with Crippen LogP contribution in [0.3, 0.4) is 0 Å². The number of carbonyl (C=O) groups excluding carboxylic acids is 1. The van der Waals surface area contributed by atoms with Crippen LogP contribution < -0.4 is 10.9 Å². The Morgan fingerprint density at radius 1 is 1.10 bits per heavy atom. The fraction of sp³-hybridized carbons (Fsp3) is 0.250. The molecule has 104 valence electrons. The summed E-state index contributed by atoms with van der Waals surface area (Å²) >= 11 is 0. The van der Waals surface area contributed by atoms with Crippen LogP contribution in [-0.2, 0) is 7.05 Å². The van der Waals surface area contributed by atoms with Crippen molar-refractivity contribution in [2.75, 3.05) is 5.32 Å². The zero-order valence-electron chi connectivity index (χ0n) is 11.9. The first kappa shape index (κ1) is 14.1. The summed E-state index contributed by atoms with van der Waals surface area (Å²) in [7, 11) is 1.62. The highest BCUT2D eigenvalue weighted by molar-refractivity contribution is 6.04. The maximum absolute atomic E-state index is 12.1. The lowest BCUT2D eigenvalue weighted by atomic mass is 10.0. The number of carbonyl (C=O) groups is 1. The minimum atomic E-state index is -0.224. The van der Waals surface area contributed by atoms with E-state index >= 15 is 0 Å². The lowest BCUT2D eigenvalue weighted by Crippen LogP contribution is -2.19. The van der Waals surface area contributed by atoms with E-state index in [1.165, 1.54) is 28.5 Å². The summed E-state index contributed by atoms with van der Waals surface area (Å²) in [6.45, 7) is 4.25. The van der Waals surface area contributed by atoms with Crippen LogP contribution in [0, 0.1) is 0 Å². The van der Waals surface area contributed by atoms with E-state index in [2.05, 4.69) is 19.2 Å². The number of anilines is 1. The molecule has 0 fully saturated rings. The molecule has 0 aliphatic rings. The molecule has 2 aromatic rings. The van der Waals surface area contributed by atoms with Gasteiger partial charge in [-0.15, -0.1) is 0 Å². The summed E-state index contributed by atoms with van der Waals surface area (Å²) in [5.41, 5.74) is 2.29. The Morgan fingerprint density at radius 3 is 2.30 bits per heavy atom. The van der Waals surface area contributed by atoms with Crippen molar-refractivity contribution in [1.29, 1.82) is 0 Å². The van der Waals surface area contributed by atoms with E-state index in [1.54, 1.807) is 7.05 Å². The van der Waals surface area contributed by atoms with Crippen molar-refractivity contribution in [1.82, 2.24) is 4.57 Å². The summed E-state index contributed by atoms with van der Waals surface area (Å²) in [5, 5.41) is 2.82. The fourth-order valence-electron chi connectivity index (χ4n) is 1.88. The number of rotatable bonds is 3. The minimum absolute atomic E-state index is 0.136. The zero-order chi connectivity index (χ0) is 14.7. The molecule has 0 aliphatic carbocycles. The van der Waals surface area contributed by atoms with Gasteiger partial charge in [-0.25, -0.2) is 0 Å². The molecule has 0 radical (unpaired) electrons. The molecular weight excluding hydrogens is 252 g/mol. The normalized spacial score (nSPS) is 10.6. The van der Waals surface area contributed by atoms with Crippen molar-refractivity contribution < 1.29 is 4.79 Å². The minimum Gasteiger partial charge on any atom is -0.322 e. The Balaban J connectivity index is 2.14. The molecule has 1 amide bonds. The van der Waals surface area contributed by atoms with Crippen LogP contribution >= 0.6 is 0 Å². The third-order valence-corrected chi connectivity index (χ3v) is 3.18. The summed E-state index contributed by atoms with van der Waals surface area (Å²) in [4.78, 5) is 23.4. The molecule has 0 unspecified atom stereocenters. The lowest BCUT2D eigenvalue weighted by Gasteiger charge is -2.09. The third-order valence-electron chi connectivity index (χ3n) is 3.18. The first-order valence-electron chi connectivity index (χ1n) is 6.55. The van der Waals surface area contributed by atoms with Gasteiger partial charge in [-0.2, -0.15) is 0 Å². The molecule has 1 heterocycles. The van der Waals surface area contributed by atoms with E-state index in [0.29, 0.717) is 11.5 Å². The highest BCUT2D eigenvalue weighted by Crippen LogP contribution is 2.17. The molecule has 4 nitrogen and oxygen atoms in total. The molecule has 0 atom stereocenters. The van der Waals surface area contributed by atoms with Gasteiger partial charge in [0.1, 0.15) is 0 Å². The molecule has 1 aromatic heterocycles. The van der Waals surface area contributed by atoms with Crippen LogP contribution in [0.25, 0.3) is 0 Å². The number of pyridine rings is 1. The van der Waals surface area contributed by atoms with Gasteiger partial charge in [0.15, 0.2) is 0 Å². The van der Waals surface area contributed by atoms with Crippen LogP contribution in [0.4, 0.5) is 5.69 Å². The molecule has 2 rings (SSSR count). The molecule has 1 N–H and O–H groups in total. The average Bonchev–Trinajstić information content (AvgIpc) is 2.42. The molecule has 0 spiro atoms. The number of benzene rings is 1. The average molecular weight is 270 g/mol. The van der Waals surface area contributed by atoms with Gasteiger partial charge in [0.05, 0.1) is 5.56 Å². The number of hydrogen-bond donors (Lipinski definition) is 1. The van der Waals surface area contributed by atoms with Crippen molar-refractivity contribution in [2.24, 2.45) is 7.05 Å². The van der Waals surface area contributed by atoms with Crippen molar-refractivity contribution in [3.05, 3.63) is 64.1 Å².